The van der Waals surface area contributed by atoms with Crippen LogP contribution in [0.2, 0.25) is 0 Å². The van der Waals surface area contributed by atoms with E-state index in [1.807, 2.05) is 30.3 Å². The van der Waals surface area contributed by atoms with E-state index in [2.05, 4.69) is 35.2 Å². The summed E-state index contributed by atoms with van der Waals surface area (Å²) >= 11 is 0. The third-order valence-corrected chi connectivity index (χ3v) is 9.15. The Morgan fingerprint density at radius 1 is 1.10 bits per heavy atom. The van der Waals surface area contributed by atoms with Gasteiger partial charge >= 0.3 is 21.4 Å². The Labute approximate surface area is 233 Å². The molecule has 5 rings (SSSR count). The third-order valence-electron chi connectivity index (χ3n) is 6.11. The molecule has 2 amide bonds. The Bertz CT molecular complexity index is 1480. The molecular formula is C22H29N7O10P2. The van der Waals surface area contributed by atoms with Crippen LogP contribution in [0.5, 0.6) is 0 Å². The Morgan fingerprint density at radius 3 is 2.59 bits per heavy atom. The Kier molecular flexibility index (Phi) is 8.82. The molecule has 0 aliphatic carbocycles. The first-order valence-electron chi connectivity index (χ1n) is 12.5. The zero-order valence-corrected chi connectivity index (χ0v) is 23.7. The number of nitrogens with one attached hydrogen (secondary N) is 3. The minimum Gasteiger partial charge on any atom is -0.347 e. The predicted octanol–water partition coefficient (Wildman–Crippen LogP) is 1.84. The molecule has 2 aromatic heterocycles. The lowest BCUT2D eigenvalue weighted by Gasteiger charge is -2.22. The van der Waals surface area contributed by atoms with Gasteiger partial charge in [-0.25, -0.2) is 28.6 Å². The molecule has 0 spiro atoms. The molecule has 222 valence electrons. The average Bonchev–Trinajstić information content (AvgIpc) is 3.62. The summed E-state index contributed by atoms with van der Waals surface area (Å²) in [4.78, 5) is 44.7. The van der Waals surface area contributed by atoms with Crippen LogP contribution >= 0.6 is 15.4 Å². The minimum atomic E-state index is -4.97. The van der Waals surface area contributed by atoms with Gasteiger partial charge in [0, 0.05) is 12.1 Å². The number of urea groups is 1. The molecule has 0 radical (unpaired) electrons. The predicted molar refractivity (Wildman–Crippen MR) is 141 cm³/mol. The monoisotopic (exact) mass is 613 g/mol. The molecule has 2 saturated heterocycles. The van der Waals surface area contributed by atoms with Gasteiger partial charge in [0.05, 0.1) is 19.2 Å². The standard InChI is InChI=1S/C22H29N7O10P2/c1-3-24-22(30)28-18-15-19(26-10-25-18)29(11-27-15)20-17-16(37-21(38-17)13-7-5-4-6-8-13)14(36-20)9-35-41(33,34)39-40(31,32)12-23-2/h4-8,10-11,14,16-17,20-21,23H,3,9,12H2,1-2H3,(H,31,32)(H,33,34)(H2,24,25,26,28,30)/t14-,16?,17+,20-,21+/m1/s1. The molecule has 1 aromatic carbocycles. The number of phosphoric acid groups is 1. The van der Waals surface area contributed by atoms with Crippen molar-refractivity contribution in [3.05, 3.63) is 48.5 Å². The van der Waals surface area contributed by atoms with Gasteiger partial charge in [-0.05, 0) is 14.0 Å². The zero-order chi connectivity index (χ0) is 29.2. The smallest absolute Gasteiger partial charge is 0.347 e. The van der Waals surface area contributed by atoms with Crippen LogP contribution in [-0.4, -0.2) is 80.1 Å². The highest BCUT2D eigenvalue weighted by Gasteiger charge is 2.54. The fourth-order valence-corrected chi connectivity index (χ4v) is 6.93. The lowest BCUT2D eigenvalue weighted by molar-refractivity contribution is -0.152. The number of phosphoric ester groups is 1. The van der Waals surface area contributed by atoms with Crippen molar-refractivity contribution in [2.45, 2.75) is 37.8 Å². The molecule has 3 unspecified atom stereocenters. The number of nitrogens with zero attached hydrogens (tertiary/aromatic N) is 4. The fraction of sp³-hybridized carbons (Fsp3) is 0.455. The van der Waals surface area contributed by atoms with Gasteiger partial charge in [0.2, 0.25) is 0 Å². The van der Waals surface area contributed by atoms with Crippen LogP contribution in [0, 0.1) is 0 Å². The van der Waals surface area contributed by atoms with Gasteiger partial charge in [0.25, 0.3) is 0 Å². The van der Waals surface area contributed by atoms with Crippen molar-refractivity contribution in [2.24, 2.45) is 0 Å². The molecular weight excluding hydrogens is 584 g/mol. The fourth-order valence-electron chi connectivity index (χ4n) is 4.48. The van der Waals surface area contributed by atoms with Crippen LogP contribution in [-0.2, 0) is 32.2 Å². The highest BCUT2D eigenvalue weighted by Crippen LogP contribution is 2.59. The van der Waals surface area contributed by atoms with Crippen molar-refractivity contribution in [3.8, 4) is 0 Å². The number of ether oxygens (including phenoxy) is 3. The van der Waals surface area contributed by atoms with Gasteiger partial charge in [-0.15, -0.1) is 0 Å². The van der Waals surface area contributed by atoms with Gasteiger partial charge in [0.1, 0.15) is 24.6 Å². The molecule has 2 aliphatic heterocycles. The van der Waals surface area contributed by atoms with Gasteiger partial charge in [-0.1, -0.05) is 30.3 Å². The molecule has 0 saturated carbocycles. The molecule has 2 fully saturated rings. The lowest BCUT2D eigenvalue weighted by Crippen LogP contribution is -2.31. The van der Waals surface area contributed by atoms with Gasteiger partial charge in [0.15, 0.2) is 29.5 Å². The summed E-state index contributed by atoms with van der Waals surface area (Å²) in [6, 6.07) is 8.67. The molecule has 7 atom stereocenters. The van der Waals surface area contributed by atoms with Crippen molar-refractivity contribution in [1.82, 2.24) is 30.2 Å². The number of anilines is 1. The van der Waals surface area contributed by atoms with Crippen LogP contribution in [0.25, 0.3) is 11.2 Å². The first-order valence-corrected chi connectivity index (χ1v) is 15.8. The summed E-state index contributed by atoms with van der Waals surface area (Å²) < 4.78 is 54.1. The minimum absolute atomic E-state index is 0.174. The van der Waals surface area contributed by atoms with E-state index in [4.69, 9.17) is 18.7 Å². The number of benzene rings is 1. The van der Waals surface area contributed by atoms with E-state index in [-0.39, 0.29) is 11.3 Å². The van der Waals surface area contributed by atoms with E-state index >= 15 is 0 Å². The molecule has 19 heteroatoms. The highest BCUT2D eigenvalue weighted by atomic mass is 31.3. The van der Waals surface area contributed by atoms with E-state index < -0.39 is 65.2 Å². The summed E-state index contributed by atoms with van der Waals surface area (Å²) in [5.41, 5.74) is 1.33. The summed E-state index contributed by atoms with van der Waals surface area (Å²) in [5.74, 6) is 0.174. The number of carbonyl (C=O) groups excluding carboxylic acids is 1. The van der Waals surface area contributed by atoms with Crippen LogP contribution in [0.1, 0.15) is 25.0 Å². The number of carbonyl (C=O) groups is 1. The quantitative estimate of drug-likeness (QED) is 0.195. The average molecular weight is 613 g/mol. The molecule has 4 heterocycles. The Balaban J connectivity index is 1.40. The Hall–Kier alpha value is -2.82. The van der Waals surface area contributed by atoms with Gasteiger partial charge in [-0.3, -0.25) is 19.0 Å². The molecule has 3 aromatic rings. The lowest BCUT2D eigenvalue weighted by atomic mass is 10.1. The number of imidazole rings is 1. The first kappa shape index (κ1) is 29.7. The largest absolute Gasteiger partial charge is 0.479 e. The molecule has 5 N–H and O–H groups in total. The van der Waals surface area contributed by atoms with Gasteiger partial charge < -0.3 is 34.6 Å². The highest BCUT2D eigenvalue weighted by molar-refractivity contribution is 7.63. The summed E-state index contributed by atoms with van der Waals surface area (Å²) in [5, 5.41) is 7.64. The number of rotatable bonds is 11. The number of hydrogen-bond acceptors (Lipinski definition) is 12. The molecule has 41 heavy (non-hydrogen) atoms. The van der Waals surface area contributed by atoms with Crippen molar-refractivity contribution < 1.29 is 46.8 Å². The van der Waals surface area contributed by atoms with Crippen molar-refractivity contribution in [3.63, 3.8) is 0 Å². The van der Waals surface area contributed by atoms with Crippen LogP contribution in [0.3, 0.4) is 0 Å². The first-order chi connectivity index (χ1) is 19.6. The van der Waals surface area contributed by atoms with Crippen LogP contribution in [0.15, 0.2) is 43.0 Å². The number of aromatic nitrogens is 4. The summed E-state index contributed by atoms with van der Waals surface area (Å²) in [7, 11) is -8.04. The molecule has 0 bridgehead atoms. The van der Waals surface area contributed by atoms with E-state index in [1.165, 1.54) is 19.7 Å². The zero-order valence-electron chi connectivity index (χ0n) is 21.9. The maximum Gasteiger partial charge on any atom is 0.479 e. The van der Waals surface area contributed by atoms with Crippen molar-refractivity contribution >= 4 is 38.4 Å². The maximum atomic E-state index is 12.4. The van der Waals surface area contributed by atoms with E-state index in [1.54, 1.807) is 11.5 Å². The second-order valence-electron chi connectivity index (χ2n) is 9.03. The van der Waals surface area contributed by atoms with Crippen molar-refractivity contribution in [1.29, 1.82) is 0 Å². The third kappa shape index (κ3) is 6.65. The Morgan fingerprint density at radius 2 is 1.85 bits per heavy atom. The second-order valence-corrected chi connectivity index (χ2v) is 12.5. The van der Waals surface area contributed by atoms with Crippen molar-refractivity contribution in [2.75, 3.05) is 31.8 Å². The topological polar surface area (TPSA) is 218 Å². The van der Waals surface area contributed by atoms with Crippen LogP contribution in [0.4, 0.5) is 10.6 Å². The SMILES string of the molecule is CCNC(=O)Nc1ncnc2c1ncn2[C@@H]1O[C@H](COP(=O)(O)OP(=O)(O)CNC)C2O[C@H](c3ccccc3)O[C@@H]21. The van der Waals surface area contributed by atoms with E-state index in [0.717, 1.165) is 5.56 Å². The van der Waals surface area contributed by atoms with E-state index in [9.17, 15) is 23.7 Å². The molecule has 2 aliphatic rings. The second kappa shape index (κ2) is 12.2. The van der Waals surface area contributed by atoms with Gasteiger partial charge in [-0.2, -0.15) is 0 Å². The number of fused-ring (bicyclic) bond motifs is 2. The number of amides is 2. The maximum absolute atomic E-state index is 12.4. The van der Waals surface area contributed by atoms with E-state index in [0.29, 0.717) is 12.2 Å². The number of hydrogen-bond donors (Lipinski definition) is 5. The summed E-state index contributed by atoms with van der Waals surface area (Å²) in [6.07, 6.45) is -2.08. The molecule has 17 nitrogen and oxygen atoms in total. The summed E-state index contributed by atoms with van der Waals surface area (Å²) in [6.45, 7) is 1.65. The normalized spacial score (nSPS) is 26.8. The van der Waals surface area contributed by atoms with Crippen LogP contribution < -0.4 is 16.0 Å².